The van der Waals surface area contributed by atoms with E-state index in [2.05, 4.69) is 6.92 Å². The average Bonchev–Trinajstić information content (AvgIpc) is 2.68. The van der Waals surface area contributed by atoms with Crippen molar-refractivity contribution >= 4 is 0 Å². The quantitative estimate of drug-likeness (QED) is 0.487. The van der Waals surface area contributed by atoms with Crippen LogP contribution in [0.3, 0.4) is 0 Å². The van der Waals surface area contributed by atoms with E-state index < -0.39 is 6.10 Å². The van der Waals surface area contributed by atoms with Gasteiger partial charge < -0.3 is 10.2 Å². The Morgan fingerprint density at radius 1 is 0.964 bits per heavy atom. The van der Waals surface area contributed by atoms with Gasteiger partial charge in [0.1, 0.15) is 5.82 Å². The third kappa shape index (κ3) is 5.18. The number of unbranched alkanes of at least 4 members (excludes halogenated alkanes) is 2. The summed E-state index contributed by atoms with van der Waals surface area (Å²) in [5.74, 6) is -0.176. The molecule has 0 saturated heterocycles. The molecular formula is C24H34FNO2. The van der Waals surface area contributed by atoms with Crippen molar-refractivity contribution in [3.63, 3.8) is 0 Å². The first-order chi connectivity index (χ1) is 13.4. The second-order valence-electron chi connectivity index (χ2n) is 7.80. The predicted molar refractivity (Wildman–Crippen MR) is 113 cm³/mol. The maximum absolute atomic E-state index is 13.5. The topological polar surface area (TPSA) is 53.4 Å². The lowest BCUT2D eigenvalue weighted by Gasteiger charge is -2.25. The number of halogens is 1. The van der Waals surface area contributed by atoms with Crippen molar-refractivity contribution in [2.24, 2.45) is 0 Å². The van der Waals surface area contributed by atoms with Gasteiger partial charge in [-0.2, -0.15) is 0 Å². The highest BCUT2D eigenvalue weighted by Crippen LogP contribution is 2.38. The second-order valence-corrected chi connectivity index (χ2v) is 7.80. The number of hydrogen-bond acceptors (Lipinski definition) is 3. The Bertz CT molecular complexity index is 756. The minimum Gasteiger partial charge on any atom is -0.392 e. The van der Waals surface area contributed by atoms with Crippen LogP contribution in [0.2, 0.25) is 0 Å². The molecule has 3 nitrogen and oxygen atoms in total. The number of benzene rings is 1. The van der Waals surface area contributed by atoms with Gasteiger partial charge in [0.25, 0.3) is 0 Å². The Kier molecular flexibility index (Phi) is 8.58. The van der Waals surface area contributed by atoms with Gasteiger partial charge in [-0.25, -0.2) is 4.39 Å². The summed E-state index contributed by atoms with van der Waals surface area (Å²) < 4.78 is 13.5. The van der Waals surface area contributed by atoms with Crippen LogP contribution in [0, 0.1) is 5.82 Å². The first kappa shape index (κ1) is 22.5. The molecule has 2 N–H and O–H groups in total. The minimum absolute atomic E-state index is 0.110. The van der Waals surface area contributed by atoms with Gasteiger partial charge in [0.2, 0.25) is 0 Å². The number of aliphatic hydroxyl groups is 2. The van der Waals surface area contributed by atoms with Gasteiger partial charge in [0.05, 0.1) is 18.4 Å². The van der Waals surface area contributed by atoms with E-state index in [4.69, 9.17) is 4.98 Å². The first-order valence-electron chi connectivity index (χ1n) is 10.5. The molecule has 0 aliphatic carbocycles. The molecule has 1 atom stereocenters. The summed E-state index contributed by atoms with van der Waals surface area (Å²) in [4.78, 5) is 4.86. The van der Waals surface area contributed by atoms with E-state index in [1.807, 2.05) is 20.8 Å². The monoisotopic (exact) mass is 387 g/mol. The lowest BCUT2D eigenvalue weighted by Crippen LogP contribution is -2.14. The third-order valence-corrected chi connectivity index (χ3v) is 5.21. The molecule has 2 rings (SSSR count). The predicted octanol–water partition coefficient (Wildman–Crippen LogP) is 6.07. The molecular weight excluding hydrogens is 353 g/mol. The number of pyridine rings is 1. The first-order valence-corrected chi connectivity index (χ1v) is 10.5. The number of aromatic nitrogens is 1. The number of hydrogen-bond donors (Lipinski definition) is 2. The van der Waals surface area contributed by atoms with Crippen LogP contribution >= 0.6 is 0 Å². The maximum atomic E-state index is 13.5. The Morgan fingerprint density at radius 3 is 2.18 bits per heavy atom. The van der Waals surface area contributed by atoms with Crippen LogP contribution in [0.25, 0.3) is 11.1 Å². The summed E-state index contributed by atoms with van der Waals surface area (Å²) in [6.07, 6.45) is 4.84. The molecule has 0 amide bonds. The highest BCUT2D eigenvalue weighted by molar-refractivity contribution is 5.73. The van der Waals surface area contributed by atoms with Crippen LogP contribution in [0.5, 0.6) is 0 Å². The van der Waals surface area contributed by atoms with E-state index in [0.717, 1.165) is 65.7 Å². The Hall–Kier alpha value is -1.78. The van der Waals surface area contributed by atoms with Gasteiger partial charge in [-0.3, -0.25) is 4.98 Å². The van der Waals surface area contributed by atoms with Gasteiger partial charge in [0, 0.05) is 11.3 Å². The smallest absolute Gasteiger partial charge is 0.123 e. The van der Waals surface area contributed by atoms with Crippen LogP contribution in [-0.2, 0) is 13.0 Å². The zero-order valence-electron chi connectivity index (χ0n) is 17.6. The maximum Gasteiger partial charge on any atom is 0.123 e. The van der Waals surface area contributed by atoms with Crippen molar-refractivity contribution < 1.29 is 14.6 Å². The Balaban J connectivity index is 2.78. The summed E-state index contributed by atoms with van der Waals surface area (Å²) in [5.41, 5.74) is 5.10. The van der Waals surface area contributed by atoms with Crippen LogP contribution in [0.1, 0.15) is 94.3 Å². The zero-order valence-corrected chi connectivity index (χ0v) is 17.6. The average molecular weight is 388 g/mol. The molecule has 1 aromatic heterocycles. The molecule has 0 aliphatic heterocycles. The molecule has 0 bridgehead atoms. The fourth-order valence-electron chi connectivity index (χ4n) is 3.80. The van der Waals surface area contributed by atoms with Crippen molar-refractivity contribution in [3.8, 4) is 11.1 Å². The van der Waals surface area contributed by atoms with Gasteiger partial charge >= 0.3 is 0 Å². The number of aliphatic hydroxyl groups excluding tert-OH is 2. The molecule has 0 aliphatic rings. The lowest BCUT2D eigenvalue weighted by molar-refractivity contribution is 0.160. The van der Waals surface area contributed by atoms with Crippen molar-refractivity contribution in [1.82, 2.24) is 4.98 Å². The summed E-state index contributed by atoms with van der Waals surface area (Å²) in [5, 5.41) is 21.1. The highest BCUT2D eigenvalue weighted by Gasteiger charge is 2.24. The van der Waals surface area contributed by atoms with Crippen molar-refractivity contribution in [2.45, 2.75) is 84.8 Å². The van der Waals surface area contributed by atoms with E-state index >= 15 is 0 Å². The van der Waals surface area contributed by atoms with Crippen LogP contribution in [-0.4, -0.2) is 15.2 Å². The molecule has 1 unspecified atom stereocenters. The van der Waals surface area contributed by atoms with Crippen molar-refractivity contribution in [1.29, 1.82) is 0 Å². The van der Waals surface area contributed by atoms with Gasteiger partial charge in [0.15, 0.2) is 0 Å². The molecule has 1 aromatic carbocycles. The molecule has 0 saturated carbocycles. The van der Waals surface area contributed by atoms with Crippen LogP contribution < -0.4 is 0 Å². The zero-order chi connectivity index (χ0) is 20.7. The van der Waals surface area contributed by atoms with E-state index in [0.29, 0.717) is 6.42 Å². The molecule has 0 spiro atoms. The SMILES string of the molecule is CCCCCc1c(C(O)CCC)nc(C(C)C)c(CO)c1-c1ccc(F)cc1. The van der Waals surface area contributed by atoms with E-state index in [9.17, 15) is 14.6 Å². The molecule has 4 heteroatoms. The van der Waals surface area contributed by atoms with Gasteiger partial charge in [-0.05, 0) is 54.0 Å². The molecule has 2 aromatic rings. The lowest BCUT2D eigenvalue weighted by atomic mass is 9.86. The number of rotatable bonds is 10. The van der Waals surface area contributed by atoms with Gasteiger partial charge in [-0.1, -0.05) is 59.1 Å². The molecule has 28 heavy (non-hydrogen) atoms. The van der Waals surface area contributed by atoms with Crippen molar-refractivity contribution in [3.05, 3.63) is 52.6 Å². The molecule has 154 valence electrons. The summed E-state index contributed by atoms with van der Waals surface area (Å²) in [6, 6.07) is 6.41. The fourth-order valence-corrected chi connectivity index (χ4v) is 3.80. The van der Waals surface area contributed by atoms with Crippen LogP contribution in [0.15, 0.2) is 24.3 Å². The summed E-state index contributed by atoms with van der Waals surface area (Å²) >= 11 is 0. The largest absolute Gasteiger partial charge is 0.392 e. The minimum atomic E-state index is -0.633. The fraction of sp³-hybridized carbons (Fsp3) is 0.542. The van der Waals surface area contributed by atoms with Crippen LogP contribution in [0.4, 0.5) is 4.39 Å². The standard InChI is InChI=1S/C24H34FNO2/c1-5-7-8-10-19-22(17-11-13-18(25)14-12-17)20(15-27)23(16(3)4)26-24(19)21(28)9-6-2/h11-14,16,21,27-28H,5-10,15H2,1-4H3. The molecule has 0 radical (unpaired) electrons. The van der Waals surface area contributed by atoms with Gasteiger partial charge in [-0.15, -0.1) is 0 Å². The molecule has 0 fully saturated rings. The normalized spacial score (nSPS) is 12.6. The summed E-state index contributed by atoms with van der Waals surface area (Å²) in [6.45, 7) is 8.17. The second kappa shape index (κ2) is 10.7. The third-order valence-electron chi connectivity index (χ3n) is 5.21. The molecule has 1 heterocycles. The van der Waals surface area contributed by atoms with Crippen molar-refractivity contribution in [2.75, 3.05) is 0 Å². The Morgan fingerprint density at radius 2 is 1.64 bits per heavy atom. The Labute approximate surface area is 168 Å². The highest BCUT2D eigenvalue weighted by atomic mass is 19.1. The van der Waals surface area contributed by atoms with E-state index in [1.54, 1.807) is 12.1 Å². The van der Waals surface area contributed by atoms with E-state index in [1.165, 1.54) is 12.1 Å². The summed E-state index contributed by atoms with van der Waals surface area (Å²) in [7, 11) is 0. The number of nitrogens with zero attached hydrogens (tertiary/aromatic N) is 1. The van der Waals surface area contributed by atoms with E-state index in [-0.39, 0.29) is 18.3 Å².